The fraction of sp³-hybridized carbons (Fsp3) is 0.625. The van der Waals surface area contributed by atoms with Crippen LogP contribution in [0.3, 0.4) is 0 Å². The first-order chi connectivity index (χ1) is 9.68. The Balaban J connectivity index is 2.05. The zero-order valence-corrected chi connectivity index (χ0v) is 13.0. The smallest absolute Gasteiger partial charge is 0.128 e. The van der Waals surface area contributed by atoms with Gasteiger partial charge in [0.05, 0.1) is 17.1 Å². The molecular formula is C16H22ClN3. The van der Waals surface area contributed by atoms with Crippen LogP contribution in [0.2, 0.25) is 0 Å². The molecule has 3 nitrogen and oxygen atoms in total. The summed E-state index contributed by atoms with van der Waals surface area (Å²) in [5.41, 5.74) is 2.12. The van der Waals surface area contributed by atoms with E-state index in [0.29, 0.717) is 6.04 Å². The van der Waals surface area contributed by atoms with Crippen molar-refractivity contribution in [3.8, 4) is 0 Å². The fourth-order valence-corrected chi connectivity index (χ4v) is 3.66. The second kappa shape index (κ2) is 5.72. The predicted molar refractivity (Wildman–Crippen MR) is 83.1 cm³/mol. The Hall–Kier alpha value is -1.09. The van der Waals surface area contributed by atoms with Crippen LogP contribution in [0.5, 0.6) is 0 Å². The number of halogens is 1. The van der Waals surface area contributed by atoms with Crippen LogP contribution in [-0.4, -0.2) is 14.5 Å². The van der Waals surface area contributed by atoms with Gasteiger partial charge in [-0.05, 0) is 38.7 Å². The zero-order chi connectivity index (χ0) is 14.1. The quantitative estimate of drug-likeness (QED) is 0.755. The molecule has 0 aromatic carbocycles. The summed E-state index contributed by atoms with van der Waals surface area (Å²) in [6.07, 6.45) is 10.4. The lowest BCUT2D eigenvalue weighted by Crippen LogP contribution is -2.21. The Kier molecular flexibility index (Phi) is 3.97. The summed E-state index contributed by atoms with van der Waals surface area (Å²) >= 11 is 6.36. The van der Waals surface area contributed by atoms with Crippen LogP contribution in [0.25, 0.3) is 11.0 Å². The number of hydrogen-bond donors (Lipinski definition) is 0. The van der Waals surface area contributed by atoms with Crippen molar-refractivity contribution in [2.45, 2.75) is 57.4 Å². The molecule has 3 rings (SSSR count). The standard InChI is InChI=1S/C16H22ClN3/c1-11(17)16-19-14-10-18-9-8-15(14)20(16)12(2)13-6-4-3-5-7-13/h8-13H,3-7H2,1-2H3. The third-order valence-electron chi connectivity index (χ3n) is 4.61. The second-order valence-electron chi connectivity index (χ2n) is 5.96. The molecule has 2 heterocycles. The molecule has 0 N–H and O–H groups in total. The maximum Gasteiger partial charge on any atom is 0.128 e. The van der Waals surface area contributed by atoms with Crippen molar-refractivity contribution >= 4 is 22.6 Å². The summed E-state index contributed by atoms with van der Waals surface area (Å²) in [6, 6.07) is 2.52. The molecule has 0 bridgehead atoms. The minimum Gasteiger partial charge on any atom is -0.324 e. The monoisotopic (exact) mass is 291 g/mol. The number of nitrogens with zero attached hydrogens (tertiary/aromatic N) is 3. The summed E-state index contributed by atoms with van der Waals surface area (Å²) in [5.74, 6) is 1.72. The summed E-state index contributed by atoms with van der Waals surface area (Å²) in [7, 11) is 0. The molecule has 2 unspecified atom stereocenters. The lowest BCUT2D eigenvalue weighted by Gasteiger charge is -2.30. The van der Waals surface area contributed by atoms with Crippen LogP contribution in [0, 0.1) is 5.92 Å². The van der Waals surface area contributed by atoms with Gasteiger partial charge in [0.1, 0.15) is 11.3 Å². The topological polar surface area (TPSA) is 30.7 Å². The number of imidazole rings is 1. The Bertz CT molecular complexity index is 584. The average Bonchev–Trinajstić information content (AvgIpc) is 2.87. The molecule has 1 aliphatic carbocycles. The largest absolute Gasteiger partial charge is 0.324 e. The zero-order valence-electron chi connectivity index (χ0n) is 12.2. The number of hydrogen-bond acceptors (Lipinski definition) is 2. The average molecular weight is 292 g/mol. The molecule has 1 aliphatic rings. The summed E-state index contributed by atoms with van der Waals surface area (Å²) in [5, 5.41) is -0.0755. The molecule has 4 heteroatoms. The predicted octanol–water partition coefficient (Wildman–Crippen LogP) is 4.87. The van der Waals surface area contributed by atoms with Crippen molar-refractivity contribution in [3.05, 3.63) is 24.3 Å². The highest BCUT2D eigenvalue weighted by Gasteiger charge is 2.26. The van der Waals surface area contributed by atoms with Gasteiger partial charge in [-0.3, -0.25) is 4.98 Å². The fourth-order valence-electron chi connectivity index (χ4n) is 3.51. The number of pyridine rings is 1. The van der Waals surface area contributed by atoms with E-state index in [1.807, 2.05) is 19.3 Å². The van der Waals surface area contributed by atoms with E-state index in [4.69, 9.17) is 16.6 Å². The van der Waals surface area contributed by atoms with E-state index < -0.39 is 0 Å². The number of aromatic nitrogens is 3. The van der Waals surface area contributed by atoms with E-state index >= 15 is 0 Å². The summed E-state index contributed by atoms with van der Waals surface area (Å²) in [6.45, 7) is 4.32. The van der Waals surface area contributed by atoms with E-state index in [1.165, 1.54) is 37.6 Å². The molecule has 1 saturated carbocycles. The van der Waals surface area contributed by atoms with Gasteiger partial charge < -0.3 is 4.57 Å². The third kappa shape index (κ3) is 2.44. The van der Waals surface area contributed by atoms with E-state index in [1.54, 1.807) is 0 Å². The Labute approximate surface area is 125 Å². The molecule has 2 atom stereocenters. The number of rotatable bonds is 3. The Morgan fingerprint density at radius 2 is 2.00 bits per heavy atom. The third-order valence-corrected chi connectivity index (χ3v) is 4.81. The molecule has 0 radical (unpaired) electrons. The van der Waals surface area contributed by atoms with Crippen molar-refractivity contribution in [2.24, 2.45) is 5.92 Å². The molecule has 0 spiro atoms. The molecule has 108 valence electrons. The van der Waals surface area contributed by atoms with E-state index in [9.17, 15) is 0 Å². The van der Waals surface area contributed by atoms with Crippen molar-refractivity contribution in [1.82, 2.24) is 14.5 Å². The molecule has 1 fully saturated rings. The van der Waals surface area contributed by atoms with Gasteiger partial charge in [0.25, 0.3) is 0 Å². The van der Waals surface area contributed by atoms with Crippen LogP contribution in [0.4, 0.5) is 0 Å². The Morgan fingerprint density at radius 1 is 1.25 bits per heavy atom. The SMILES string of the molecule is CC(Cl)c1nc2cnccc2n1C(C)C1CCCCC1. The Morgan fingerprint density at radius 3 is 2.70 bits per heavy atom. The summed E-state index contributed by atoms with van der Waals surface area (Å²) < 4.78 is 2.35. The van der Waals surface area contributed by atoms with Gasteiger partial charge >= 0.3 is 0 Å². The van der Waals surface area contributed by atoms with Crippen molar-refractivity contribution in [3.63, 3.8) is 0 Å². The number of alkyl halides is 1. The maximum absolute atomic E-state index is 6.36. The second-order valence-corrected chi connectivity index (χ2v) is 6.61. The lowest BCUT2D eigenvalue weighted by molar-refractivity contribution is 0.264. The highest BCUT2D eigenvalue weighted by Crippen LogP contribution is 2.37. The molecule has 2 aromatic heterocycles. The maximum atomic E-state index is 6.36. The van der Waals surface area contributed by atoms with Gasteiger partial charge in [-0.1, -0.05) is 19.3 Å². The van der Waals surface area contributed by atoms with Crippen LogP contribution in [0.15, 0.2) is 18.5 Å². The van der Waals surface area contributed by atoms with Gasteiger partial charge in [-0.25, -0.2) is 4.98 Å². The van der Waals surface area contributed by atoms with Gasteiger partial charge in [-0.2, -0.15) is 0 Å². The summed E-state index contributed by atoms with van der Waals surface area (Å²) in [4.78, 5) is 8.88. The van der Waals surface area contributed by atoms with Crippen LogP contribution < -0.4 is 0 Å². The van der Waals surface area contributed by atoms with E-state index in [2.05, 4.69) is 22.5 Å². The minimum absolute atomic E-state index is 0.0755. The van der Waals surface area contributed by atoms with Gasteiger partial charge in [0, 0.05) is 12.2 Å². The van der Waals surface area contributed by atoms with Gasteiger partial charge in [-0.15, -0.1) is 11.6 Å². The van der Waals surface area contributed by atoms with Crippen molar-refractivity contribution < 1.29 is 0 Å². The number of fused-ring (bicyclic) bond motifs is 1. The van der Waals surface area contributed by atoms with Gasteiger partial charge in [0.15, 0.2) is 0 Å². The van der Waals surface area contributed by atoms with Crippen LogP contribution >= 0.6 is 11.6 Å². The lowest BCUT2D eigenvalue weighted by atomic mass is 9.84. The van der Waals surface area contributed by atoms with E-state index in [-0.39, 0.29) is 5.38 Å². The van der Waals surface area contributed by atoms with E-state index in [0.717, 1.165) is 17.3 Å². The molecular weight excluding hydrogens is 270 g/mol. The molecule has 0 amide bonds. The highest BCUT2D eigenvalue weighted by molar-refractivity contribution is 6.20. The first-order valence-corrected chi connectivity index (χ1v) is 8.08. The highest BCUT2D eigenvalue weighted by atomic mass is 35.5. The first kappa shape index (κ1) is 13.9. The molecule has 0 saturated heterocycles. The minimum atomic E-state index is -0.0755. The molecule has 20 heavy (non-hydrogen) atoms. The van der Waals surface area contributed by atoms with Crippen LogP contribution in [0.1, 0.15) is 63.2 Å². The van der Waals surface area contributed by atoms with Crippen molar-refractivity contribution in [2.75, 3.05) is 0 Å². The van der Waals surface area contributed by atoms with Crippen molar-refractivity contribution in [1.29, 1.82) is 0 Å². The molecule has 2 aromatic rings. The van der Waals surface area contributed by atoms with Crippen LogP contribution in [-0.2, 0) is 0 Å². The van der Waals surface area contributed by atoms with Gasteiger partial charge in [0.2, 0.25) is 0 Å². The molecule has 0 aliphatic heterocycles. The normalized spacial score (nSPS) is 20.1. The first-order valence-electron chi connectivity index (χ1n) is 7.64.